The third kappa shape index (κ3) is 5.13. The van der Waals surface area contributed by atoms with Crippen LogP contribution in [0.5, 0.6) is 0 Å². The number of nitrogens with one attached hydrogen (secondary N) is 2. The van der Waals surface area contributed by atoms with E-state index in [4.69, 9.17) is 4.74 Å². The predicted octanol–water partition coefficient (Wildman–Crippen LogP) is 4.07. The number of morpholine rings is 1. The maximum atomic E-state index is 13.1. The molecule has 5 rings (SSSR count). The van der Waals surface area contributed by atoms with Crippen LogP contribution in [0.15, 0.2) is 85.1 Å². The lowest BCUT2D eigenvalue weighted by molar-refractivity contribution is -0.135. The summed E-state index contributed by atoms with van der Waals surface area (Å²) in [7, 11) is 0. The molecule has 1 aromatic heterocycles. The number of amides is 2. The number of carbonyl (C=O) groups is 3. The van der Waals surface area contributed by atoms with Gasteiger partial charge in [-0.05, 0) is 42.5 Å². The fraction of sp³-hybridized carbons (Fsp3) is 0.179. The number of Topliss-reactive ketones (excluding diaryl/α,β-unsaturated/α-hetero) is 1. The average Bonchev–Trinajstić information content (AvgIpc) is 3.28. The van der Waals surface area contributed by atoms with Crippen molar-refractivity contribution in [2.75, 3.05) is 36.9 Å². The molecule has 8 heteroatoms. The van der Waals surface area contributed by atoms with Gasteiger partial charge >= 0.3 is 0 Å². The molecule has 0 saturated carbocycles. The number of aromatic nitrogens is 1. The minimum atomic E-state index is -0.735. The van der Waals surface area contributed by atoms with Crippen molar-refractivity contribution in [1.29, 1.82) is 0 Å². The van der Waals surface area contributed by atoms with Crippen LogP contribution in [-0.4, -0.2) is 53.4 Å². The Morgan fingerprint density at radius 3 is 2.17 bits per heavy atom. The number of rotatable bonds is 7. The summed E-state index contributed by atoms with van der Waals surface area (Å²) in [6.45, 7) is 2.22. The molecular weight excluding hydrogens is 456 g/mol. The molecule has 0 atom stereocenters. The highest BCUT2D eigenvalue weighted by molar-refractivity contribution is 6.48. The van der Waals surface area contributed by atoms with E-state index >= 15 is 0 Å². The lowest BCUT2D eigenvalue weighted by atomic mass is 10.1. The van der Waals surface area contributed by atoms with Crippen LogP contribution in [-0.2, 0) is 20.9 Å². The zero-order valence-corrected chi connectivity index (χ0v) is 19.6. The van der Waals surface area contributed by atoms with Crippen molar-refractivity contribution in [1.82, 2.24) is 9.47 Å². The highest BCUT2D eigenvalue weighted by atomic mass is 16.5. The molecule has 2 amide bonds. The van der Waals surface area contributed by atoms with Gasteiger partial charge in [0.1, 0.15) is 6.54 Å². The normalized spacial score (nSPS) is 13.4. The summed E-state index contributed by atoms with van der Waals surface area (Å²) >= 11 is 0. The van der Waals surface area contributed by atoms with E-state index < -0.39 is 11.7 Å². The maximum absolute atomic E-state index is 13.1. The fourth-order valence-electron chi connectivity index (χ4n) is 4.25. The van der Waals surface area contributed by atoms with Gasteiger partial charge in [-0.15, -0.1) is 0 Å². The van der Waals surface area contributed by atoms with Crippen LogP contribution in [0.2, 0.25) is 0 Å². The molecule has 0 radical (unpaired) electrons. The highest BCUT2D eigenvalue weighted by Gasteiger charge is 2.24. The molecule has 4 aromatic rings. The Labute approximate surface area is 208 Å². The molecule has 2 heterocycles. The second kappa shape index (κ2) is 10.5. The van der Waals surface area contributed by atoms with E-state index in [1.165, 1.54) is 0 Å². The SMILES string of the molecule is O=C(Nc1ccc(Nc2ccccc2)cc1)C(=O)c1cn(CC(=O)N2CCOCC2)c2ccccc12. The van der Waals surface area contributed by atoms with Gasteiger partial charge in [0.2, 0.25) is 5.91 Å². The molecule has 0 spiro atoms. The number of anilines is 3. The van der Waals surface area contributed by atoms with Crippen molar-refractivity contribution in [3.05, 3.63) is 90.6 Å². The summed E-state index contributed by atoms with van der Waals surface area (Å²) in [6.07, 6.45) is 1.60. The number of ether oxygens (including phenoxy) is 1. The number of ketones is 1. The minimum Gasteiger partial charge on any atom is -0.378 e. The number of nitrogens with zero attached hydrogens (tertiary/aromatic N) is 2. The molecule has 1 saturated heterocycles. The number of hydrogen-bond donors (Lipinski definition) is 2. The topological polar surface area (TPSA) is 92.7 Å². The van der Waals surface area contributed by atoms with Crippen LogP contribution in [0.25, 0.3) is 10.9 Å². The summed E-state index contributed by atoms with van der Waals surface area (Å²) in [5.41, 5.74) is 3.32. The summed E-state index contributed by atoms with van der Waals surface area (Å²) in [5.74, 6) is -1.44. The summed E-state index contributed by atoms with van der Waals surface area (Å²) in [4.78, 5) is 40.5. The summed E-state index contributed by atoms with van der Waals surface area (Å²) in [5, 5.41) is 6.59. The van der Waals surface area contributed by atoms with E-state index in [9.17, 15) is 14.4 Å². The third-order valence-electron chi connectivity index (χ3n) is 6.11. The first-order chi connectivity index (χ1) is 17.6. The average molecular weight is 483 g/mol. The van der Waals surface area contributed by atoms with Gasteiger partial charge < -0.3 is 24.8 Å². The Morgan fingerprint density at radius 1 is 0.778 bits per heavy atom. The quantitative estimate of drug-likeness (QED) is 0.306. The third-order valence-corrected chi connectivity index (χ3v) is 6.11. The van der Waals surface area contributed by atoms with Gasteiger partial charge in [0.05, 0.1) is 18.8 Å². The molecule has 0 bridgehead atoms. The van der Waals surface area contributed by atoms with E-state index in [2.05, 4.69) is 10.6 Å². The molecule has 0 unspecified atom stereocenters. The van der Waals surface area contributed by atoms with Gasteiger partial charge in [0.25, 0.3) is 11.7 Å². The number of carbonyl (C=O) groups excluding carboxylic acids is 3. The van der Waals surface area contributed by atoms with Gasteiger partial charge in [-0.3, -0.25) is 14.4 Å². The van der Waals surface area contributed by atoms with Gasteiger partial charge in [-0.25, -0.2) is 0 Å². The second-order valence-corrected chi connectivity index (χ2v) is 8.53. The van der Waals surface area contributed by atoms with Gasteiger partial charge in [-0.2, -0.15) is 0 Å². The maximum Gasteiger partial charge on any atom is 0.296 e. The zero-order chi connectivity index (χ0) is 24.9. The van der Waals surface area contributed by atoms with Crippen LogP contribution >= 0.6 is 0 Å². The number of benzene rings is 3. The number of fused-ring (bicyclic) bond motifs is 1. The molecule has 3 aromatic carbocycles. The van der Waals surface area contributed by atoms with E-state index in [-0.39, 0.29) is 18.0 Å². The van der Waals surface area contributed by atoms with Crippen LogP contribution in [0.3, 0.4) is 0 Å². The van der Waals surface area contributed by atoms with Crippen molar-refractivity contribution >= 4 is 45.6 Å². The molecule has 36 heavy (non-hydrogen) atoms. The van der Waals surface area contributed by atoms with E-state index in [1.807, 2.05) is 60.7 Å². The molecule has 0 aliphatic carbocycles. The Hall–Kier alpha value is -4.43. The molecule has 182 valence electrons. The van der Waals surface area contributed by atoms with Crippen molar-refractivity contribution in [3.63, 3.8) is 0 Å². The Kier molecular flexibility index (Phi) is 6.77. The second-order valence-electron chi connectivity index (χ2n) is 8.53. The molecule has 1 aliphatic heterocycles. The largest absolute Gasteiger partial charge is 0.378 e. The van der Waals surface area contributed by atoms with Crippen LogP contribution in [0, 0.1) is 0 Å². The van der Waals surface area contributed by atoms with Gasteiger partial charge in [-0.1, -0.05) is 36.4 Å². The lowest BCUT2D eigenvalue weighted by Gasteiger charge is -2.27. The molecule has 1 fully saturated rings. The zero-order valence-electron chi connectivity index (χ0n) is 19.6. The fourth-order valence-corrected chi connectivity index (χ4v) is 4.25. The first-order valence-electron chi connectivity index (χ1n) is 11.8. The summed E-state index contributed by atoms with van der Waals surface area (Å²) < 4.78 is 7.05. The number of hydrogen-bond acceptors (Lipinski definition) is 5. The first kappa shape index (κ1) is 23.3. The molecule has 2 N–H and O–H groups in total. The van der Waals surface area contributed by atoms with Crippen LogP contribution < -0.4 is 10.6 Å². The van der Waals surface area contributed by atoms with Gasteiger partial charge in [0, 0.05) is 47.3 Å². The predicted molar refractivity (Wildman–Crippen MR) is 138 cm³/mol. The molecule has 8 nitrogen and oxygen atoms in total. The summed E-state index contributed by atoms with van der Waals surface area (Å²) in [6, 6.07) is 24.2. The van der Waals surface area contributed by atoms with Crippen LogP contribution in [0.4, 0.5) is 17.1 Å². The first-order valence-corrected chi connectivity index (χ1v) is 11.8. The highest BCUT2D eigenvalue weighted by Crippen LogP contribution is 2.23. The van der Waals surface area contributed by atoms with E-state index in [0.717, 1.165) is 16.9 Å². The standard InChI is InChI=1S/C28H26N4O4/c33-26(31-14-16-36-17-15-31)19-32-18-24(23-8-4-5-9-25(23)32)27(34)28(35)30-22-12-10-21(11-13-22)29-20-6-2-1-3-7-20/h1-13,18,29H,14-17,19H2,(H,30,35). The van der Waals surface area contributed by atoms with E-state index in [1.54, 1.807) is 33.9 Å². The van der Waals surface area contributed by atoms with Crippen molar-refractivity contribution in [2.45, 2.75) is 6.54 Å². The Morgan fingerprint density at radius 2 is 1.42 bits per heavy atom. The minimum absolute atomic E-state index is 0.0493. The Balaban J connectivity index is 1.30. The monoisotopic (exact) mass is 482 g/mol. The Bertz CT molecular complexity index is 1390. The molecular formula is C28H26N4O4. The van der Waals surface area contributed by atoms with Crippen LogP contribution in [0.1, 0.15) is 10.4 Å². The van der Waals surface area contributed by atoms with Gasteiger partial charge in [0.15, 0.2) is 0 Å². The molecule has 1 aliphatic rings. The lowest BCUT2D eigenvalue weighted by Crippen LogP contribution is -2.42. The van der Waals surface area contributed by atoms with Crippen molar-refractivity contribution in [3.8, 4) is 0 Å². The smallest absolute Gasteiger partial charge is 0.296 e. The van der Waals surface area contributed by atoms with E-state index in [0.29, 0.717) is 37.4 Å². The van der Waals surface area contributed by atoms with Crippen molar-refractivity contribution < 1.29 is 19.1 Å². The van der Waals surface area contributed by atoms with Crippen molar-refractivity contribution in [2.24, 2.45) is 0 Å². The number of para-hydroxylation sites is 2.